The van der Waals surface area contributed by atoms with Crippen molar-refractivity contribution in [1.29, 1.82) is 0 Å². The maximum atomic E-state index is 12.8. The molecule has 27 heavy (non-hydrogen) atoms. The SMILES string of the molecule is CC1(C)c2cc(O)ccc2C[C@H](Sc2ccccn2)[C@H]1OC(=O)C(F)(F)F. The Morgan fingerprint density at radius 3 is 2.67 bits per heavy atom. The van der Waals surface area contributed by atoms with E-state index in [0.29, 0.717) is 17.0 Å². The van der Waals surface area contributed by atoms with Crippen LogP contribution in [0.25, 0.3) is 0 Å². The lowest BCUT2D eigenvalue weighted by Crippen LogP contribution is -2.50. The monoisotopic (exact) mass is 397 g/mol. The maximum absolute atomic E-state index is 12.8. The molecular formula is C19H18F3NO3S. The number of phenolic OH excluding ortho intramolecular Hbond substituents is 1. The summed E-state index contributed by atoms with van der Waals surface area (Å²) in [5, 5.41) is 9.99. The first kappa shape index (κ1) is 19.5. The second kappa shape index (κ2) is 7.07. The Hall–Kier alpha value is -2.22. The first-order valence-electron chi connectivity index (χ1n) is 8.27. The van der Waals surface area contributed by atoms with Crippen LogP contribution >= 0.6 is 11.8 Å². The van der Waals surface area contributed by atoms with Gasteiger partial charge in [0.05, 0.1) is 10.3 Å². The Kier molecular flexibility index (Phi) is 5.12. The number of pyridine rings is 1. The molecule has 1 N–H and O–H groups in total. The number of carbonyl (C=O) groups is 1. The molecule has 1 aromatic carbocycles. The number of rotatable bonds is 3. The maximum Gasteiger partial charge on any atom is 0.490 e. The fourth-order valence-electron chi connectivity index (χ4n) is 3.36. The number of fused-ring (bicyclic) bond motifs is 1. The number of alkyl halides is 3. The summed E-state index contributed by atoms with van der Waals surface area (Å²) in [6.07, 6.45) is -4.14. The van der Waals surface area contributed by atoms with Crippen LogP contribution in [0, 0.1) is 0 Å². The number of ether oxygens (including phenoxy) is 1. The first-order chi connectivity index (χ1) is 12.6. The van der Waals surface area contributed by atoms with Gasteiger partial charge in [-0.15, -0.1) is 0 Å². The zero-order valence-corrected chi connectivity index (χ0v) is 15.5. The third kappa shape index (κ3) is 4.05. The molecule has 0 aliphatic heterocycles. The Morgan fingerprint density at radius 1 is 1.30 bits per heavy atom. The molecule has 1 aromatic heterocycles. The number of phenols is 1. The average Bonchev–Trinajstić information content (AvgIpc) is 2.59. The lowest BCUT2D eigenvalue weighted by Gasteiger charge is -2.44. The van der Waals surface area contributed by atoms with Crippen molar-refractivity contribution in [1.82, 2.24) is 4.98 Å². The van der Waals surface area contributed by atoms with Crippen LogP contribution in [0.5, 0.6) is 5.75 Å². The zero-order chi connectivity index (χ0) is 19.8. The summed E-state index contributed by atoms with van der Waals surface area (Å²) < 4.78 is 43.5. The van der Waals surface area contributed by atoms with Crippen molar-refractivity contribution >= 4 is 17.7 Å². The minimum atomic E-state index is -5.07. The van der Waals surface area contributed by atoms with Gasteiger partial charge >= 0.3 is 12.1 Å². The minimum Gasteiger partial charge on any atom is -0.508 e. The number of thioether (sulfide) groups is 1. The van der Waals surface area contributed by atoms with E-state index < -0.39 is 28.9 Å². The van der Waals surface area contributed by atoms with E-state index in [1.165, 1.54) is 17.8 Å². The molecule has 0 fully saturated rings. The Labute approximate surface area is 158 Å². The van der Waals surface area contributed by atoms with E-state index in [4.69, 9.17) is 4.74 Å². The quantitative estimate of drug-likeness (QED) is 0.785. The third-order valence-electron chi connectivity index (χ3n) is 4.63. The minimum absolute atomic E-state index is 0.0125. The van der Waals surface area contributed by atoms with Crippen molar-refractivity contribution in [3.63, 3.8) is 0 Å². The van der Waals surface area contributed by atoms with Crippen LogP contribution < -0.4 is 0 Å². The van der Waals surface area contributed by atoms with E-state index in [1.807, 2.05) is 0 Å². The van der Waals surface area contributed by atoms with E-state index >= 15 is 0 Å². The molecule has 0 amide bonds. The van der Waals surface area contributed by atoms with Crippen LogP contribution in [0.2, 0.25) is 0 Å². The topological polar surface area (TPSA) is 59.4 Å². The van der Waals surface area contributed by atoms with Gasteiger partial charge in [0.2, 0.25) is 0 Å². The Morgan fingerprint density at radius 2 is 2.04 bits per heavy atom. The normalized spacial score (nSPS) is 21.4. The average molecular weight is 397 g/mol. The molecule has 0 saturated heterocycles. The van der Waals surface area contributed by atoms with Gasteiger partial charge in [-0.2, -0.15) is 13.2 Å². The van der Waals surface area contributed by atoms with Crippen LogP contribution in [0.15, 0.2) is 47.6 Å². The lowest BCUT2D eigenvalue weighted by molar-refractivity contribution is -0.207. The van der Waals surface area contributed by atoms with Crippen molar-refractivity contribution in [2.45, 2.75) is 48.2 Å². The van der Waals surface area contributed by atoms with Crippen molar-refractivity contribution in [2.24, 2.45) is 0 Å². The van der Waals surface area contributed by atoms with Gasteiger partial charge in [-0.1, -0.05) is 37.7 Å². The molecule has 0 saturated carbocycles. The summed E-state index contributed by atoms with van der Waals surface area (Å²) in [5.74, 6) is -2.20. The number of aromatic nitrogens is 1. The van der Waals surface area contributed by atoms with Crippen LogP contribution in [0.3, 0.4) is 0 Å². The van der Waals surface area contributed by atoms with Gasteiger partial charge in [-0.05, 0) is 41.8 Å². The molecular weight excluding hydrogens is 379 g/mol. The molecule has 1 heterocycles. The van der Waals surface area contributed by atoms with Crippen molar-refractivity contribution in [3.05, 3.63) is 53.7 Å². The summed E-state index contributed by atoms with van der Waals surface area (Å²) in [4.78, 5) is 15.8. The van der Waals surface area contributed by atoms with Crippen LogP contribution in [-0.2, 0) is 21.4 Å². The summed E-state index contributed by atoms with van der Waals surface area (Å²) in [7, 11) is 0. The predicted molar refractivity (Wildman–Crippen MR) is 94.7 cm³/mol. The second-order valence-corrected chi connectivity index (χ2v) is 8.17. The molecule has 0 spiro atoms. The third-order valence-corrected chi connectivity index (χ3v) is 5.83. The van der Waals surface area contributed by atoms with Crippen LogP contribution in [-0.4, -0.2) is 33.6 Å². The molecule has 0 unspecified atom stereocenters. The molecule has 0 radical (unpaired) electrons. The first-order valence-corrected chi connectivity index (χ1v) is 9.15. The predicted octanol–water partition coefficient (Wildman–Crippen LogP) is 4.26. The van der Waals surface area contributed by atoms with Crippen LogP contribution in [0.4, 0.5) is 13.2 Å². The van der Waals surface area contributed by atoms with Gasteiger partial charge in [0.25, 0.3) is 0 Å². The van der Waals surface area contributed by atoms with E-state index in [1.54, 1.807) is 50.4 Å². The van der Waals surface area contributed by atoms with Gasteiger partial charge < -0.3 is 9.84 Å². The molecule has 8 heteroatoms. The zero-order valence-electron chi connectivity index (χ0n) is 14.7. The van der Waals surface area contributed by atoms with Gasteiger partial charge in [-0.3, -0.25) is 0 Å². The second-order valence-electron chi connectivity index (χ2n) is 6.92. The number of halogens is 3. The standard InChI is InChI=1S/C19H18F3NO3S/c1-18(2)13-10-12(24)7-6-11(13)9-14(27-15-5-3-4-8-23-15)16(18)26-17(25)19(20,21)22/h3-8,10,14,16,24H,9H2,1-2H3/t14-,16+/m0/s1. The smallest absolute Gasteiger partial charge is 0.490 e. The Balaban J connectivity index is 2.01. The fourth-order valence-corrected chi connectivity index (χ4v) is 4.74. The number of hydrogen-bond donors (Lipinski definition) is 1. The number of nitrogens with zero attached hydrogens (tertiary/aromatic N) is 1. The number of aromatic hydroxyl groups is 1. The molecule has 4 nitrogen and oxygen atoms in total. The molecule has 0 bridgehead atoms. The molecule has 2 atom stereocenters. The lowest BCUT2D eigenvalue weighted by atomic mass is 9.70. The van der Waals surface area contributed by atoms with Gasteiger partial charge in [-0.25, -0.2) is 9.78 Å². The summed E-state index contributed by atoms with van der Waals surface area (Å²) >= 11 is 1.28. The molecule has 144 valence electrons. The summed E-state index contributed by atoms with van der Waals surface area (Å²) in [6.45, 7) is 3.43. The van der Waals surface area contributed by atoms with Gasteiger partial charge in [0.15, 0.2) is 0 Å². The highest BCUT2D eigenvalue weighted by Crippen LogP contribution is 2.45. The number of esters is 1. The Bertz CT molecular complexity index is 840. The summed E-state index contributed by atoms with van der Waals surface area (Å²) in [5.41, 5.74) is 0.630. The van der Waals surface area contributed by atoms with Crippen molar-refractivity contribution in [2.75, 3.05) is 0 Å². The largest absolute Gasteiger partial charge is 0.508 e. The van der Waals surface area contributed by atoms with Gasteiger partial charge in [0, 0.05) is 11.6 Å². The summed E-state index contributed by atoms with van der Waals surface area (Å²) in [6, 6.07) is 10.1. The van der Waals surface area contributed by atoms with E-state index in [9.17, 15) is 23.1 Å². The van der Waals surface area contributed by atoms with Crippen LogP contribution in [0.1, 0.15) is 25.0 Å². The van der Waals surface area contributed by atoms with Gasteiger partial charge in [0.1, 0.15) is 11.9 Å². The molecule has 1 aliphatic carbocycles. The molecule has 1 aliphatic rings. The highest BCUT2D eigenvalue weighted by Gasteiger charge is 2.50. The number of hydrogen-bond acceptors (Lipinski definition) is 5. The van der Waals surface area contributed by atoms with E-state index in [-0.39, 0.29) is 5.75 Å². The highest BCUT2D eigenvalue weighted by atomic mass is 32.2. The number of benzene rings is 1. The highest BCUT2D eigenvalue weighted by molar-refractivity contribution is 7.99. The van der Waals surface area contributed by atoms with E-state index in [2.05, 4.69) is 4.98 Å². The van der Waals surface area contributed by atoms with Crippen molar-refractivity contribution in [3.8, 4) is 5.75 Å². The van der Waals surface area contributed by atoms with E-state index in [0.717, 1.165) is 5.56 Å². The number of carbonyl (C=O) groups excluding carboxylic acids is 1. The molecule has 3 rings (SSSR count). The molecule has 2 aromatic rings. The van der Waals surface area contributed by atoms with Crippen molar-refractivity contribution < 1.29 is 27.8 Å². The fraction of sp³-hybridized carbons (Fsp3) is 0.368.